The van der Waals surface area contributed by atoms with E-state index in [-0.39, 0.29) is 92.4 Å². The van der Waals surface area contributed by atoms with Crippen molar-refractivity contribution in [3.8, 4) is 11.3 Å². The Balaban J connectivity index is 0.660. The van der Waals surface area contributed by atoms with Gasteiger partial charge in [-0.1, -0.05) is 93.9 Å². The number of fused-ring (bicyclic) bond motifs is 5. The van der Waals surface area contributed by atoms with Gasteiger partial charge in [0.2, 0.25) is 11.7 Å². The van der Waals surface area contributed by atoms with Crippen LogP contribution in [0, 0.1) is 41.4 Å². The fourth-order valence-electron chi connectivity index (χ4n) is 16.3. The number of nitrogens with two attached hydrogens (primary N) is 2. The summed E-state index contributed by atoms with van der Waals surface area (Å²) in [6.07, 6.45) is 18.7. The molecule has 15 atom stereocenters. The van der Waals surface area contributed by atoms with Crippen molar-refractivity contribution in [2.24, 2.45) is 46.6 Å². The van der Waals surface area contributed by atoms with E-state index in [0.29, 0.717) is 222 Å². The molecule has 0 spiro atoms. The number of allylic oxidation sites excluding steroid dienone is 6. The zero-order valence-corrected chi connectivity index (χ0v) is 75.1. The molecule has 3 aliphatic heterocycles. The molecular formula is C90H137N13O22. The topological polar surface area (TPSA) is 435 Å². The van der Waals surface area contributed by atoms with Crippen LogP contribution in [0.25, 0.3) is 33.4 Å². The van der Waals surface area contributed by atoms with Crippen molar-refractivity contribution in [2.75, 3.05) is 152 Å². The minimum absolute atomic E-state index is 0.0143. The highest BCUT2D eigenvalue weighted by Crippen LogP contribution is 2.39. The number of nitrogen functional groups attached to an aromatic ring is 2. The fraction of sp³-hybridized carbons (Fsp3) is 0.689. The molecule has 4 aromatic heterocycles. The lowest BCUT2D eigenvalue weighted by atomic mass is 9.78. The summed E-state index contributed by atoms with van der Waals surface area (Å²) in [7, 11) is 4.75. The number of ether oxygens (including phenoxy) is 13. The molecule has 2 saturated heterocycles. The van der Waals surface area contributed by atoms with Gasteiger partial charge in [-0.15, -0.1) is 5.10 Å². The summed E-state index contributed by atoms with van der Waals surface area (Å²) in [4.78, 5) is 91.6. The molecular weight excluding hydrogens is 1620 g/mol. The van der Waals surface area contributed by atoms with Crippen LogP contribution >= 0.6 is 0 Å². The van der Waals surface area contributed by atoms with Crippen LogP contribution in [0.3, 0.4) is 0 Å². The van der Waals surface area contributed by atoms with Crippen molar-refractivity contribution in [1.29, 1.82) is 0 Å². The van der Waals surface area contributed by atoms with Gasteiger partial charge >= 0.3 is 5.97 Å². The Labute approximate surface area is 734 Å². The number of esters is 1. The number of rotatable bonds is 42. The lowest BCUT2D eigenvalue weighted by molar-refractivity contribution is -0.265. The fourth-order valence-corrected chi connectivity index (χ4v) is 16.3. The maximum Gasteiger partial charge on any atom is 0.329 e. The molecule has 7 N–H and O–H groups in total. The first kappa shape index (κ1) is 100. The van der Waals surface area contributed by atoms with Crippen LogP contribution in [0.2, 0.25) is 0 Å². The Morgan fingerprint density at radius 3 is 2.10 bits per heavy atom. The average Bonchev–Trinajstić information content (AvgIpc) is 1.72. The second-order valence-corrected chi connectivity index (χ2v) is 33.3. The minimum atomic E-state index is -2.46. The first-order valence-electron chi connectivity index (χ1n) is 44.5. The van der Waals surface area contributed by atoms with Crippen molar-refractivity contribution in [2.45, 2.75) is 220 Å². The largest absolute Gasteiger partial charge is 0.460 e. The maximum atomic E-state index is 15.1. The van der Waals surface area contributed by atoms with Gasteiger partial charge in [0.15, 0.2) is 23.6 Å². The number of ketones is 2. The number of cyclic esters (lactones) is 1. The quantitative estimate of drug-likeness (QED) is 0.00798. The van der Waals surface area contributed by atoms with E-state index < -0.39 is 71.8 Å². The Kier molecular flexibility index (Phi) is 42.4. The number of unbranched alkanes of at least 4 members (excludes halogenated alkanes) is 1. The molecule has 7 heterocycles. The molecule has 0 radical (unpaired) electrons. The van der Waals surface area contributed by atoms with Crippen LogP contribution in [-0.2, 0) is 110 Å². The zero-order valence-electron chi connectivity index (χ0n) is 75.1. The van der Waals surface area contributed by atoms with Crippen molar-refractivity contribution < 1.29 is 105 Å². The molecule has 9 rings (SSSR count). The van der Waals surface area contributed by atoms with Gasteiger partial charge in [-0.3, -0.25) is 19.2 Å². The smallest absolute Gasteiger partial charge is 0.329 e. The molecule has 2 bridgehead atoms. The number of hydrogen-bond donors (Lipinski definition) is 5. The molecule has 125 heavy (non-hydrogen) atoms. The number of hydrogen-bond acceptors (Lipinski definition) is 31. The van der Waals surface area contributed by atoms with Crippen LogP contribution in [-0.4, -0.2) is 278 Å². The molecule has 0 unspecified atom stereocenters. The van der Waals surface area contributed by atoms with Crippen molar-refractivity contribution in [3.63, 3.8) is 0 Å². The van der Waals surface area contributed by atoms with Gasteiger partial charge in [0.25, 0.3) is 17.7 Å². The Bertz CT molecular complexity index is 4300. The van der Waals surface area contributed by atoms with E-state index in [2.05, 4.69) is 43.6 Å². The number of oxazole rings is 1. The van der Waals surface area contributed by atoms with Gasteiger partial charge in [-0.25, -0.2) is 24.1 Å². The number of anilines is 2. The summed E-state index contributed by atoms with van der Waals surface area (Å²) < 4.78 is 84.8. The third kappa shape index (κ3) is 31.2. The van der Waals surface area contributed by atoms with E-state index in [0.717, 1.165) is 36.0 Å². The number of amides is 2. The van der Waals surface area contributed by atoms with E-state index in [4.69, 9.17) is 92.6 Å². The maximum absolute atomic E-state index is 15.1. The standard InChI is InChI=1S/C90H137N13O22/c1-59-19-13-12-14-20-60(2)76(111-9)54-70-25-22-65(7)90(110,125-70)84(107)87(108)102-30-17-15-21-73(102)88(109)123-77(63(5)51-67-23-26-74(104)78(52-67)112-10)55-71(62(4)50-61(3)66(8)83(113-11)82(106)64(6)49-59)99-122-57-69-56-101(100-97-69)32-34-115-36-38-117-40-42-119-44-46-121-48-47-120-45-43-118-41-39-116-37-35-114-33-28-79(105)93-29-16-18-31-103-86-80(85(91)94-58-95-86)81(98-103)68-24-27-75-72(53-68)96-89(92)124-75/h12-14,19-20,24,27,50,53,56,58-59,62-67,70,73-74,76-78,83,104,110H,15-18,21-23,25-26,28-49,51-52,54-55,57H2,1-11H3,(H2,92,96)(H,93,105)(H2,91,94,95)/b14-12+,19-13+,60-20+,61-50+,99-71-/t59-,62-,63-,64-,65-,66-,67+,70+,73+,74-,76+,77+,78-,83-,90-/m1/s1. The third-order valence-corrected chi connectivity index (χ3v) is 23.8. The van der Waals surface area contributed by atoms with Gasteiger partial charge in [0.1, 0.15) is 47.3 Å². The highest BCUT2D eigenvalue weighted by molar-refractivity contribution is 6.39. The van der Waals surface area contributed by atoms with E-state index in [9.17, 15) is 29.4 Å². The molecule has 35 nitrogen and oxygen atoms in total. The van der Waals surface area contributed by atoms with Crippen LogP contribution in [0.5, 0.6) is 0 Å². The van der Waals surface area contributed by atoms with E-state index in [1.165, 1.54) is 11.2 Å². The number of methoxy groups -OCH3 is 3. The third-order valence-electron chi connectivity index (χ3n) is 23.8. The molecule has 35 heteroatoms. The van der Waals surface area contributed by atoms with Crippen molar-refractivity contribution >= 4 is 69.0 Å². The molecule has 1 saturated carbocycles. The lowest BCUT2D eigenvalue weighted by Crippen LogP contribution is -2.61. The first-order valence-corrected chi connectivity index (χ1v) is 44.5. The number of oxime groups is 1. The highest BCUT2D eigenvalue weighted by Gasteiger charge is 2.53. The number of aryl methyl sites for hydroxylation is 1. The second kappa shape index (κ2) is 52.8. The number of Topliss-reactive ketones (excluding diaryl/α,β-unsaturated/α-hetero) is 2. The molecule has 1 aromatic carbocycles. The molecule has 2 amide bonds. The van der Waals surface area contributed by atoms with E-state index in [1.54, 1.807) is 49.9 Å². The van der Waals surface area contributed by atoms with Gasteiger partial charge in [0.05, 0.1) is 154 Å². The van der Waals surface area contributed by atoms with Crippen molar-refractivity contribution in [3.05, 3.63) is 84.0 Å². The number of aliphatic hydroxyl groups is 2. The molecule has 694 valence electrons. The van der Waals surface area contributed by atoms with Crippen LogP contribution in [0.15, 0.2) is 87.9 Å². The van der Waals surface area contributed by atoms with Crippen LogP contribution in [0.4, 0.5) is 11.8 Å². The highest BCUT2D eigenvalue weighted by atomic mass is 16.6. The number of aliphatic hydroxyl groups excluding tert-OH is 1. The Hall–Kier alpha value is -8.40. The molecule has 3 fully saturated rings. The number of aromatic nitrogens is 8. The molecule has 4 aliphatic rings. The van der Waals surface area contributed by atoms with Crippen LogP contribution in [0.1, 0.15) is 157 Å². The van der Waals surface area contributed by atoms with E-state index in [1.807, 2.05) is 84.1 Å². The minimum Gasteiger partial charge on any atom is -0.460 e. The van der Waals surface area contributed by atoms with Crippen molar-refractivity contribution in [1.82, 2.24) is 49.9 Å². The number of nitrogens with one attached hydrogen (secondary N) is 1. The van der Waals surface area contributed by atoms with E-state index >= 15 is 4.79 Å². The Morgan fingerprint density at radius 1 is 0.752 bits per heavy atom. The predicted molar refractivity (Wildman–Crippen MR) is 466 cm³/mol. The summed E-state index contributed by atoms with van der Waals surface area (Å²) in [5.41, 5.74) is 18.0. The first-order chi connectivity index (χ1) is 60.4. The summed E-state index contributed by atoms with van der Waals surface area (Å²) >= 11 is 0. The zero-order chi connectivity index (χ0) is 89.6. The Morgan fingerprint density at radius 2 is 1.43 bits per heavy atom. The average molecular weight is 1750 g/mol. The normalized spacial score (nSPS) is 27.1. The predicted octanol–water partition coefficient (Wildman–Crippen LogP) is 9.28. The number of benzene rings is 1. The summed E-state index contributed by atoms with van der Waals surface area (Å²) in [5, 5.41) is 45.0. The number of carbonyl (C=O) groups excluding carboxylic acids is 5. The molecule has 5 aromatic rings. The van der Waals surface area contributed by atoms with Gasteiger partial charge in [-0.05, 0) is 132 Å². The SMILES string of the molecule is CO[C@H]1C[C@@H]2CC[C@@H](C)[C@@](O)(O2)C(=O)C(=O)N2CCCC[C@H]2C(=O)O[C@H]([C@H](C)C[C@@H]2CC[C@@H](O)[C@H](OC)C2)C/C(=N/OCc2cn(CCOCCOCCOCCOCCOCCOCCOCCOCCC(=O)NCCCCn3nc(-c4ccc5oc(N)nc5c4)c4c(N)ncnc43)nn2)[C@H](C)/C=C(\C)[C@@H](C)[C@@H](OC)C(=O)[C@H](C)C[C@H](C)/C=C/C=C/C=C/1C. The summed E-state index contributed by atoms with van der Waals surface area (Å²) in [5.74, 6) is -7.12. The van der Waals surface area contributed by atoms with Crippen LogP contribution < -0.4 is 16.8 Å². The number of nitrogens with zero attached hydrogens (tertiary/aromatic N) is 10. The number of carbonyl (C=O) groups is 5. The van der Waals surface area contributed by atoms with Gasteiger partial charge < -0.3 is 103 Å². The second-order valence-electron chi connectivity index (χ2n) is 33.3. The summed E-state index contributed by atoms with van der Waals surface area (Å²) in [6, 6.07) is 4.42. The van der Waals surface area contributed by atoms with Gasteiger partial charge in [0, 0.05) is 89.5 Å². The lowest BCUT2D eigenvalue weighted by Gasteiger charge is -2.42. The monoisotopic (exact) mass is 1750 g/mol. The van der Waals surface area contributed by atoms with Gasteiger partial charge in [-0.2, -0.15) is 10.1 Å². The summed E-state index contributed by atoms with van der Waals surface area (Å²) in [6.45, 7) is 23.1. The molecule has 1 aliphatic carbocycles. The number of piperidine rings is 1.